The molecule has 4 rings (SSSR count). The molecule has 2 aromatic rings. The van der Waals surface area contributed by atoms with E-state index in [0.29, 0.717) is 33.5 Å². The molecule has 5 nitrogen and oxygen atoms in total. The van der Waals surface area contributed by atoms with Gasteiger partial charge in [0, 0.05) is 24.2 Å². The van der Waals surface area contributed by atoms with Crippen molar-refractivity contribution in [2.24, 2.45) is 0 Å². The Morgan fingerprint density at radius 1 is 1.05 bits per heavy atom. The number of hydrogen-bond donors (Lipinski definition) is 2. The van der Waals surface area contributed by atoms with E-state index < -0.39 is 10.0 Å². The molecule has 1 atom stereocenters. The molecule has 0 saturated heterocycles. The number of quaternary nitrogens is 1. The second-order valence-corrected chi connectivity index (χ2v) is 7.21. The molecule has 0 fully saturated rings. The minimum atomic E-state index is -3.45. The lowest BCUT2D eigenvalue weighted by Gasteiger charge is -2.11. The molecule has 21 heavy (non-hydrogen) atoms. The maximum atomic E-state index is 12.6. The van der Waals surface area contributed by atoms with Gasteiger partial charge < -0.3 is 5.32 Å². The van der Waals surface area contributed by atoms with E-state index in [9.17, 15) is 13.2 Å². The first kappa shape index (κ1) is 12.6. The smallest absolute Gasteiger partial charge is 0.331 e. The van der Waals surface area contributed by atoms with E-state index in [0.717, 1.165) is 11.1 Å². The molecule has 106 valence electrons. The first-order valence-corrected chi connectivity index (χ1v) is 8.16. The largest absolute Gasteiger partial charge is 0.348 e. The Hall–Kier alpha value is -2.18. The SMILES string of the molecule is O=C1NCc2ccc([NH+]3Cc4ccccc4S3(=O)=O)cc21. The zero-order valence-electron chi connectivity index (χ0n) is 11.1. The van der Waals surface area contributed by atoms with Gasteiger partial charge >= 0.3 is 10.0 Å². The van der Waals surface area contributed by atoms with Crippen molar-refractivity contribution in [1.82, 2.24) is 5.32 Å². The molecule has 2 aliphatic heterocycles. The fourth-order valence-corrected chi connectivity index (χ4v) is 4.75. The topological polar surface area (TPSA) is 67.7 Å². The van der Waals surface area contributed by atoms with E-state index >= 15 is 0 Å². The van der Waals surface area contributed by atoms with Crippen molar-refractivity contribution in [1.29, 1.82) is 0 Å². The normalized spacial score (nSPS) is 21.7. The van der Waals surface area contributed by atoms with Crippen LogP contribution in [0.4, 0.5) is 5.69 Å². The molecule has 2 aliphatic rings. The van der Waals surface area contributed by atoms with Crippen LogP contribution in [0.5, 0.6) is 0 Å². The molecular formula is C15H13N2O3S+. The molecule has 0 aliphatic carbocycles. The molecule has 0 bridgehead atoms. The van der Waals surface area contributed by atoms with Gasteiger partial charge in [0.2, 0.25) is 0 Å². The second-order valence-electron chi connectivity index (χ2n) is 5.27. The van der Waals surface area contributed by atoms with Gasteiger partial charge in [0.1, 0.15) is 17.1 Å². The monoisotopic (exact) mass is 301 g/mol. The highest BCUT2D eigenvalue weighted by Gasteiger charge is 2.40. The third-order valence-electron chi connectivity index (χ3n) is 4.05. The number of fused-ring (bicyclic) bond motifs is 2. The lowest BCUT2D eigenvalue weighted by molar-refractivity contribution is -0.702. The van der Waals surface area contributed by atoms with Gasteiger partial charge in [0.05, 0.1) is 5.56 Å². The molecule has 2 heterocycles. The van der Waals surface area contributed by atoms with Gasteiger partial charge in [-0.2, -0.15) is 12.7 Å². The minimum absolute atomic E-state index is 0.139. The molecule has 0 radical (unpaired) electrons. The Kier molecular flexibility index (Phi) is 2.49. The molecule has 1 amide bonds. The predicted octanol–water partition coefficient (Wildman–Crippen LogP) is 0.349. The van der Waals surface area contributed by atoms with Gasteiger partial charge in [-0.3, -0.25) is 4.79 Å². The van der Waals surface area contributed by atoms with Crippen LogP contribution in [0, 0.1) is 0 Å². The molecule has 0 spiro atoms. The predicted molar refractivity (Wildman–Crippen MR) is 75.6 cm³/mol. The van der Waals surface area contributed by atoms with Gasteiger partial charge in [-0.1, -0.05) is 24.3 Å². The molecule has 2 aromatic carbocycles. The summed E-state index contributed by atoms with van der Waals surface area (Å²) in [7, 11) is -3.45. The lowest BCUT2D eigenvalue weighted by atomic mass is 10.1. The number of carbonyl (C=O) groups is 1. The standard InChI is InChI=1S/C15H12N2O3S/c18-15-13-7-12(6-5-10(13)8-16-15)17-9-11-3-1-2-4-14(11)21(17,19)20/h1-7H,8-9H2,(H,16,18)/p+1. The molecular weight excluding hydrogens is 288 g/mol. The van der Waals surface area contributed by atoms with Crippen LogP contribution >= 0.6 is 0 Å². The van der Waals surface area contributed by atoms with Crippen LogP contribution in [-0.4, -0.2) is 14.3 Å². The van der Waals surface area contributed by atoms with E-state index in [1.807, 2.05) is 18.2 Å². The number of carbonyl (C=O) groups excluding carboxylic acids is 1. The van der Waals surface area contributed by atoms with Crippen LogP contribution in [0.2, 0.25) is 0 Å². The Labute approximate surface area is 122 Å². The van der Waals surface area contributed by atoms with E-state index in [-0.39, 0.29) is 5.91 Å². The molecule has 0 saturated carbocycles. The highest BCUT2D eigenvalue weighted by atomic mass is 32.2. The highest BCUT2D eigenvalue weighted by molar-refractivity contribution is 7.85. The summed E-state index contributed by atoms with van der Waals surface area (Å²) in [5, 5.41) is 2.74. The van der Waals surface area contributed by atoms with Crippen molar-refractivity contribution in [3.05, 3.63) is 59.2 Å². The van der Waals surface area contributed by atoms with E-state index in [4.69, 9.17) is 0 Å². The second kappa shape index (κ2) is 4.16. The van der Waals surface area contributed by atoms with Crippen LogP contribution in [0.1, 0.15) is 21.5 Å². The Morgan fingerprint density at radius 2 is 1.86 bits per heavy atom. The third kappa shape index (κ3) is 1.73. The number of amides is 1. The zero-order chi connectivity index (χ0) is 14.6. The molecule has 2 N–H and O–H groups in total. The Morgan fingerprint density at radius 3 is 2.67 bits per heavy atom. The van der Waals surface area contributed by atoms with Crippen LogP contribution in [-0.2, 0) is 23.1 Å². The van der Waals surface area contributed by atoms with Crippen molar-refractivity contribution in [3.63, 3.8) is 0 Å². The fraction of sp³-hybridized carbons (Fsp3) is 0.133. The summed E-state index contributed by atoms with van der Waals surface area (Å²) in [5.41, 5.74) is 2.92. The van der Waals surface area contributed by atoms with Gasteiger partial charge in [0.15, 0.2) is 0 Å². The van der Waals surface area contributed by atoms with Gasteiger partial charge in [-0.25, -0.2) is 0 Å². The van der Waals surface area contributed by atoms with E-state index in [1.54, 1.807) is 24.3 Å². The first-order valence-electron chi connectivity index (χ1n) is 6.68. The van der Waals surface area contributed by atoms with E-state index in [1.165, 1.54) is 0 Å². The summed E-state index contributed by atoms with van der Waals surface area (Å²) in [4.78, 5) is 12.1. The first-order chi connectivity index (χ1) is 10.1. The maximum Gasteiger partial charge on any atom is 0.331 e. The van der Waals surface area contributed by atoms with Crippen molar-refractivity contribution < 1.29 is 17.5 Å². The number of nitrogens with one attached hydrogen (secondary N) is 2. The highest BCUT2D eigenvalue weighted by Crippen LogP contribution is 2.23. The third-order valence-corrected chi connectivity index (χ3v) is 6.06. The summed E-state index contributed by atoms with van der Waals surface area (Å²) in [5.74, 6) is -0.139. The van der Waals surface area contributed by atoms with Crippen molar-refractivity contribution in [2.45, 2.75) is 18.0 Å². The Bertz CT molecular complexity index is 874. The van der Waals surface area contributed by atoms with Crippen molar-refractivity contribution in [3.8, 4) is 0 Å². The number of benzene rings is 2. The van der Waals surface area contributed by atoms with Crippen molar-refractivity contribution in [2.75, 3.05) is 0 Å². The van der Waals surface area contributed by atoms with Crippen LogP contribution in [0.25, 0.3) is 0 Å². The molecule has 0 aromatic heterocycles. The number of sulfonamides is 1. The van der Waals surface area contributed by atoms with Gasteiger partial charge in [-0.05, 0) is 11.6 Å². The maximum absolute atomic E-state index is 12.6. The van der Waals surface area contributed by atoms with Gasteiger partial charge in [0.25, 0.3) is 5.91 Å². The van der Waals surface area contributed by atoms with Gasteiger partial charge in [-0.15, -0.1) is 0 Å². The summed E-state index contributed by atoms with van der Waals surface area (Å²) >= 11 is 0. The average molecular weight is 301 g/mol. The number of rotatable bonds is 1. The Balaban J connectivity index is 1.83. The zero-order valence-corrected chi connectivity index (χ0v) is 11.9. The van der Waals surface area contributed by atoms with E-state index in [2.05, 4.69) is 5.32 Å². The molecule has 1 unspecified atom stereocenters. The fourth-order valence-electron chi connectivity index (χ4n) is 2.96. The summed E-state index contributed by atoms with van der Waals surface area (Å²) < 4.78 is 25.6. The van der Waals surface area contributed by atoms with Crippen LogP contribution in [0.15, 0.2) is 47.4 Å². The quantitative estimate of drug-likeness (QED) is 0.798. The lowest BCUT2D eigenvalue weighted by Crippen LogP contribution is -3.05. The van der Waals surface area contributed by atoms with Crippen molar-refractivity contribution >= 4 is 21.6 Å². The summed E-state index contributed by atoms with van der Waals surface area (Å²) in [6.07, 6.45) is 0. The summed E-state index contributed by atoms with van der Waals surface area (Å²) in [6, 6.07) is 12.4. The minimum Gasteiger partial charge on any atom is -0.348 e. The van der Waals surface area contributed by atoms with Crippen LogP contribution < -0.4 is 9.62 Å². The average Bonchev–Trinajstić information content (AvgIpc) is 2.98. The van der Waals surface area contributed by atoms with Crippen LogP contribution in [0.3, 0.4) is 0 Å². The number of hydrogen-bond acceptors (Lipinski definition) is 3. The summed E-state index contributed by atoms with van der Waals surface area (Å²) in [6.45, 7) is 0.898. The molecule has 6 heteroatoms.